The molecule has 0 saturated carbocycles. The second kappa shape index (κ2) is 5.41. The molecule has 5 heteroatoms. The molecule has 1 heterocycles. The molecule has 0 aliphatic heterocycles. The van der Waals surface area contributed by atoms with Gasteiger partial charge in [-0.3, -0.25) is 0 Å². The first-order valence-corrected chi connectivity index (χ1v) is 4.74. The zero-order valence-corrected chi connectivity index (χ0v) is 9.28. The van der Waals surface area contributed by atoms with Crippen LogP contribution in [0.4, 0.5) is 11.5 Å². The van der Waals surface area contributed by atoms with E-state index in [1.807, 2.05) is 6.92 Å². The van der Waals surface area contributed by atoms with Gasteiger partial charge in [0.05, 0.1) is 18.9 Å². The third kappa shape index (κ3) is 3.28. The monoisotopic (exact) mass is 211 g/mol. The normalized spacial score (nSPS) is 12.2. The van der Waals surface area contributed by atoms with Crippen LogP contribution in [0.5, 0.6) is 5.88 Å². The maximum atomic E-state index is 5.75. The Hall–Kier alpha value is -1.49. The number of nitrogens with one attached hydrogen (secondary N) is 1. The predicted octanol–water partition coefficient (Wildman–Crippen LogP) is 1.12. The lowest BCUT2D eigenvalue weighted by Gasteiger charge is -2.13. The summed E-state index contributed by atoms with van der Waals surface area (Å²) in [5.41, 5.74) is 6.35. The Morgan fingerprint density at radius 3 is 2.80 bits per heavy atom. The van der Waals surface area contributed by atoms with Crippen molar-refractivity contribution in [1.29, 1.82) is 0 Å². The molecule has 3 N–H and O–H groups in total. The van der Waals surface area contributed by atoms with Crippen LogP contribution in [0, 0.1) is 0 Å². The van der Waals surface area contributed by atoms with E-state index in [-0.39, 0.29) is 6.10 Å². The van der Waals surface area contributed by atoms with Crippen molar-refractivity contribution in [2.45, 2.75) is 13.0 Å². The van der Waals surface area contributed by atoms with E-state index in [1.165, 1.54) is 0 Å². The van der Waals surface area contributed by atoms with Crippen LogP contribution in [0.15, 0.2) is 12.1 Å². The van der Waals surface area contributed by atoms with E-state index < -0.39 is 0 Å². The fourth-order valence-electron chi connectivity index (χ4n) is 1.03. The van der Waals surface area contributed by atoms with Crippen molar-refractivity contribution >= 4 is 11.5 Å². The highest BCUT2D eigenvalue weighted by Gasteiger charge is 2.04. The van der Waals surface area contributed by atoms with Crippen LogP contribution in [0.3, 0.4) is 0 Å². The van der Waals surface area contributed by atoms with Gasteiger partial charge in [0.25, 0.3) is 0 Å². The number of pyridine rings is 1. The van der Waals surface area contributed by atoms with Gasteiger partial charge in [0.2, 0.25) is 5.88 Å². The van der Waals surface area contributed by atoms with Crippen molar-refractivity contribution in [3.05, 3.63) is 12.1 Å². The second-order valence-electron chi connectivity index (χ2n) is 3.22. The third-order valence-corrected chi connectivity index (χ3v) is 2.07. The van der Waals surface area contributed by atoms with E-state index in [9.17, 15) is 0 Å². The van der Waals surface area contributed by atoms with Crippen molar-refractivity contribution in [1.82, 2.24) is 4.98 Å². The zero-order chi connectivity index (χ0) is 11.3. The quantitative estimate of drug-likeness (QED) is 0.763. The van der Waals surface area contributed by atoms with Crippen LogP contribution in [0.25, 0.3) is 0 Å². The van der Waals surface area contributed by atoms with Crippen LogP contribution in [-0.4, -0.2) is 31.9 Å². The van der Waals surface area contributed by atoms with Gasteiger partial charge in [-0.1, -0.05) is 0 Å². The molecule has 5 nitrogen and oxygen atoms in total. The molecule has 84 valence electrons. The highest BCUT2D eigenvalue weighted by Crippen LogP contribution is 2.19. The average Bonchev–Trinajstić information content (AvgIpc) is 2.27. The van der Waals surface area contributed by atoms with E-state index >= 15 is 0 Å². The molecule has 0 saturated heterocycles. The number of methoxy groups -OCH3 is 2. The molecule has 0 aliphatic carbocycles. The van der Waals surface area contributed by atoms with Crippen molar-refractivity contribution in [2.24, 2.45) is 0 Å². The summed E-state index contributed by atoms with van der Waals surface area (Å²) in [7, 11) is 3.23. The van der Waals surface area contributed by atoms with Crippen LogP contribution in [0.1, 0.15) is 6.92 Å². The van der Waals surface area contributed by atoms with Crippen molar-refractivity contribution in [3.8, 4) is 5.88 Å². The fraction of sp³-hybridized carbons (Fsp3) is 0.500. The van der Waals surface area contributed by atoms with E-state index in [1.54, 1.807) is 26.4 Å². The summed E-state index contributed by atoms with van der Waals surface area (Å²) in [6.07, 6.45) is 0.109. The maximum absolute atomic E-state index is 5.75. The highest BCUT2D eigenvalue weighted by atomic mass is 16.5. The summed E-state index contributed by atoms with van der Waals surface area (Å²) >= 11 is 0. The minimum absolute atomic E-state index is 0.109. The highest BCUT2D eigenvalue weighted by molar-refractivity contribution is 5.61. The molecule has 1 aromatic rings. The van der Waals surface area contributed by atoms with E-state index in [0.717, 1.165) is 0 Å². The Labute approximate surface area is 89.6 Å². The molecule has 1 atom stereocenters. The van der Waals surface area contributed by atoms with Gasteiger partial charge < -0.3 is 20.5 Å². The number of ether oxygens (including phenoxy) is 2. The number of aromatic nitrogens is 1. The summed E-state index contributed by atoms with van der Waals surface area (Å²) in [5, 5.41) is 3.10. The van der Waals surface area contributed by atoms with Crippen LogP contribution >= 0.6 is 0 Å². The molecule has 0 bridgehead atoms. The molecule has 0 amide bonds. The lowest BCUT2D eigenvalue weighted by molar-refractivity contribution is 0.128. The summed E-state index contributed by atoms with van der Waals surface area (Å²) < 4.78 is 10.1. The molecule has 0 aliphatic rings. The van der Waals surface area contributed by atoms with Gasteiger partial charge in [-0.2, -0.15) is 4.98 Å². The number of hydrogen-bond acceptors (Lipinski definition) is 5. The van der Waals surface area contributed by atoms with Crippen molar-refractivity contribution < 1.29 is 9.47 Å². The largest absolute Gasteiger partial charge is 0.481 e. The zero-order valence-electron chi connectivity index (χ0n) is 9.28. The number of anilines is 2. The predicted molar refractivity (Wildman–Crippen MR) is 60.2 cm³/mol. The van der Waals surface area contributed by atoms with Gasteiger partial charge in [0.15, 0.2) is 5.82 Å². The minimum Gasteiger partial charge on any atom is -0.481 e. The molecule has 1 rings (SSSR count). The molecule has 15 heavy (non-hydrogen) atoms. The van der Waals surface area contributed by atoms with E-state index in [4.69, 9.17) is 15.2 Å². The molecule has 1 unspecified atom stereocenters. The van der Waals surface area contributed by atoms with Gasteiger partial charge in [0.1, 0.15) is 0 Å². The minimum atomic E-state index is 0.109. The second-order valence-corrected chi connectivity index (χ2v) is 3.22. The SMILES string of the molecule is COc1ccc(N)c(NCC(C)OC)n1. The lowest BCUT2D eigenvalue weighted by atomic mass is 10.3. The summed E-state index contributed by atoms with van der Waals surface area (Å²) in [6.45, 7) is 2.62. The topological polar surface area (TPSA) is 69.4 Å². The first-order valence-electron chi connectivity index (χ1n) is 4.74. The molecule has 0 aromatic carbocycles. The molecule has 0 fully saturated rings. The first-order chi connectivity index (χ1) is 7.17. The number of nitrogens with zero attached hydrogens (tertiary/aromatic N) is 1. The molecule has 0 radical (unpaired) electrons. The maximum Gasteiger partial charge on any atom is 0.215 e. The smallest absolute Gasteiger partial charge is 0.215 e. The van der Waals surface area contributed by atoms with E-state index in [0.29, 0.717) is 23.9 Å². The first kappa shape index (κ1) is 11.6. The van der Waals surface area contributed by atoms with Gasteiger partial charge in [0, 0.05) is 19.7 Å². The van der Waals surface area contributed by atoms with Crippen LogP contribution in [-0.2, 0) is 4.74 Å². The number of nitrogens with two attached hydrogens (primary N) is 1. The van der Waals surface area contributed by atoms with Gasteiger partial charge >= 0.3 is 0 Å². The van der Waals surface area contributed by atoms with Crippen LogP contribution < -0.4 is 15.8 Å². The standard InChI is InChI=1S/C10H17N3O2/c1-7(14-2)6-12-10-8(11)4-5-9(13-10)15-3/h4-5,7H,6,11H2,1-3H3,(H,12,13). The third-order valence-electron chi connectivity index (χ3n) is 2.07. The molecular weight excluding hydrogens is 194 g/mol. The Morgan fingerprint density at radius 1 is 1.47 bits per heavy atom. The Kier molecular flexibility index (Phi) is 4.17. The van der Waals surface area contributed by atoms with Gasteiger partial charge in [-0.05, 0) is 13.0 Å². The van der Waals surface area contributed by atoms with Crippen molar-refractivity contribution in [3.63, 3.8) is 0 Å². The molecular formula is C10H17N3O2. The number of hydrogen-bond donors (Lipinski definition) is 2. The van der Waals surface area contributed by atoms with Crippen molar-refractivity contribution in [2.75, 3.05) is 31.8 Å². The van der Waals surface area contributed by atoms with E-state index in [2.05, 4.69) is 10.3 Å². The number of nitrogen functional groups attached to an aromatic ring is 1. The lowest BCUT2D eigenvalue weighted by Crippen LogP contribution is -2.19. The average molecular weight is 211 g/mol. The summed E-state index contributed by atoms with van der Waals surface area (Å²) in [6, 6.07) is 3.48. The molecule has 0 spiro atoms. The van der Waals surface area contributed by atoms with Gasteiger partial charge in [-0.15, -0.1) is 0 Å². The Bertz CT molecular complexity index is 318. The van der Waals surface area contributed by atoms with Crippen LogP contribution in [0.2, 0.25) is 0 Å². The Balaban J connectivity index is 2.66. The van der Waals surface area contributed by atoms with Gasteiger partial charge in [-0.25, -0.2) is 0 Å². The summed E-state index contributed by atoms with van der Waals surface area (Å²) in [5.74, 6) is 1.16. The number of rotatable bonds is 5. The fourth-order valence-corrected chi connectivity index (χ4v) is 1.03. The summed E-state index contributed by atoms with van der Waals surface area (Å²) in [4.78, 5) is 4.18. The molecule has 1 aromatic heterocycles. The Morgan fingerprint density at radius 2 is 2.20 bits per heavy atom.